The molecule has 0 radical (unpaired) electrons. The number of hydrogen-bond acceptors (Lipinski definition) is 9. The fraction of sp³-hybridized carbons (Fsp3) is 0.800. The van der Waals surface area contributed by atoms with Crippen molar-refractivity contribution in [2.45, 2.75) is 63.4 Å². The maximum atomic E-state index is 11.8. The van der Waals surface area contributed by atoms with Gasteiger partial charge in [-0.1, -0.05) is 0 Å². The zero-order valence-electron chi connectivity index (χ0n) is 14.2. The van der Waals surface area contributed by atoms with Gasteiger partial charge in [-0.3, -0.25) is 14.4 Å². The molecule has 10 heteroatoms. The molecule has 0 unspecified atom stereocenters. The zero-order chi connectivity index (χ0) is 19.5. The molecule has 1 aliphatic heterocycles. The van der Waals surface area contributed by atoms with Crippen LogP contribution in [0, 0.1) is 5.92 Å². The van der Waals surface area contributed by atoms with Gasteiger partial charge in [0.25, 0.3) is 0 Å². The minimum absolute atomic E-state index is 0.580. The number of aliphatic hydroxyl groups excluding tert-OH is 4. The molecule has 144 valence electrons. The number of Topliss-reactive ketones (excluding diaryl/α,β-unsaturated/α-hetero) is 2. The lowest BCUT2D eigenvalue weighted by Crippen LogP contribution is -2.68. The SMILES string of the molecule is CC(=O)N[C@H]1[C@H]([C@H](O)[C@H](O)CO)O[C@](O)(C(C(C)=O)C(C)=O)C[C@@H]1O. The molecular formula is C15H25NO9. The second kappa shape index (κ2) is 8.30. The second-order valence-corrected chi connectivity index (χ2v) is 6.32. The number of aliphatic hydroxyl groups is 5. The Morgan fingerprint density at radius 1 is 1.20 bits per heavy atom. The molecular weight excluding hydrogens is 338 g/mol. The van der Waals surface area contributed by atoms with E-state index in [4.69, 9.17) is 9.84 Å². The molecule has 6 atom stereocenters. The van der Waals surface area contributed by atoms with Crippen LogP contribution < -0.4 is 5.32 Å². The Morgan fingerprint density at radius 2 is 1.72 bits per heavy atom. The summed E-state index contributed by atoms with van der Waals surface area (Å²) in [6, 6.07) is -1.24. The highest BCUT2D eigenvalue weighted by Gasteiger charge is 2.55. The molecule has 1 rings (SSSR count). The van der Waals surface area contributed by atoms with E-state index >= 15 is 0 Å². The van der Waals surface area contributed by atoms with Crippen LogP contribution in [0.2, 0.25) is 0 Å². The topological polar surface area (TPSA) is 174 Å². The van der Waals surface area contributed by atoms with Gasteiger partial charge in [-0.05, 0) is 13.8 Å². The molecule has 0 spiro atoms. The molecule has 1 fully saturated rings. The zero-order valence-corrected chi connectivity index (χ0v) is 14.2. The lowest BCUT2D eigenvalue weighted by molar-refractivity contribution is -0.312. The fourth-order valence-electron chi connectivity index (χ4n) is 3.13. The molecule has 25 heavy (non-hydrogen) atoms. The van der Waals surface area contributed by atoms with Gasteiger partial charge in [0.15, 0.2) is 5.79 Å². The number of amides is 1. The summed E-state index contributed by atoms with van der Waals surface area (Å²) in [6.07, 6.45) is -7.18. The third-order valence-electron chi connectivity index (χ3n) is 4.16. The Labute approximate surface area is 144 Å². The van der Waals surface area contributed by atoms with Gasteiger partial charge in [0.05, 0.1) is 18.8 Å². The average molecular weight is 363 g/mol. The molecule has 10 nitrogen and oxygen atoms in total. The first-order valence-corrected chi connectivity index (χ1v) is 7.77. The van der Waals surface area contributed by atoms with Crippen molar-refractivity contribution in [2.24, 2.45) is 5.92 Å². The van der Waals surface area contributed by atoms with Gasteiger partial charge in [0.1, 0.15) is 35.8 Å². The molecule has 0 saturated carbocycles. The maximum absolute atomic E-state index is 11.8. The Balaban J connectivity index is 3.27. The molecule has 6 N–H and O–H groups in total. The molecule has 0 bridgehead atoms. The summed E-state index contributed by atoms with van der Waals surface area (Å²) in [5, 5.41) is 52.1. The van der Waals surface area contributed by atoms with Crippen LogP contribution in [0.4, 0.5) is 0 Å². The van der Waals surface area contributed by atoms with E-state index in [2.05, 4.69) is 5.32 Å². The van der Waals surface area contributed by atoms with E-state index in [9.17, 15) is 34.8 Å². The minimum Gasteiger partial charge on any atom is -0.394 e. The largest absolute Gasteiger partial charge is 0.394 e. The summed E-state index contributed by atoms with van der Waals surface area (Å²) in [5.41, 5.74) is 0. The Bertz CT molecular complexity index is 511. The van der Waals surface area contributed by atoms with Crippen LogP contribution in [0.25, 0.3) is 0 Å². The molecule has 1 heterocycles. The van der Waals surface area contributed by atoms with E-state index in [0.29, 0.717) is 0 Å². The highest BCUT2D eigenvalue weighted by atomic mass is 16.6. The van der Waals surface area contributed by atoms with Gasteiger partial charge in [0, 0.05) is 13.3 Å². The summed E-state index contributed by atoms with van der Waals surface area (Å²) in [4.78, 5) is 34.9. The smallest absolute Gasteiger partial charge is 0.217 e. The highest BCUT2D eigenvalue weighted by Crippen LogP contribution is 2.36. The first-order valence-electron chi connectivity index (χ1n) is 7.77. The van der Waals surface area contributed by atoms with Crippen molar-refractivity contribution in [1.29, 1.82) is 0 Å². The van der Waals surface area contributed by atoms with Crippen molar-refractivity contribution in [1.82, 2.24) is 5.32 Å². The van der Waals surface area contributed by atoms with Gasteiger partial charge in [0.2, 0.25) is 5.91 Å². The van der Waals surface area contributed by atoms with Crippen molar-refractivity contribution in [3.63, 3.8) is 0 Å². The second-order valence-electron chi connectivity index (χ2n) is 6.32. The van der Waals surface area contributed by atoms with Crippen LogP contribution in [-0.2, 0) is 19.1 Å². The van der Waals surface area contributed by atoms with E-state index < -0.39 is 72.7 Å². The predicted octanol–water partition coefficient (Wildman–Crippen LogP) is -3.16. The quantitative estimate of drug-likeness (QED) is 0.255. The lowest BCUT2D eigenvalue weighted by Gasteiger charge is -2.48. The predicted molar refractivity (Wildman–Crippen MR) is 82.0 cm³/mol. The fourth-order valence-corrected chi connectivity index (χ4v) is 3.13. The van der Waals surface area contributed by atoms with E-state index in [-0.39, 0.29) is 0 Å². The molecule has 1 saturated heterocycles. The molecule has 0 aliphatic carbocycles. The van der Waals surface area contributed by atoms with Crippen LogP contribution in [0.15, 0.2) is 0 Å². The molecule has 0 aromatic rings. The number of carbonyl (C=O) groups excluding carboxylic acids is 3. The van der Waals surface area contributed by atoms with Crippen LogP contribution >= 0.6 is 0 Å². The maximum Gasteiger partial charge on any atom is 0.217 e. The summed E-state index contributed by atoms with van der Waals surface area (Å²) in [5.74, 6) is -6.07. The van der Waals surface area contributed by atoms with Gasteiger partial charge in [-0.2, -0.15) is 0 Å². The first kappa shape index (κ1) is 21.6. The molecule has 1 aliphatic rings. The third-order valence-corrected chi connectivity index (χ3v) is 4.16. The van der Waals surface area contributed by atoms with Crippen molar-refractivity contribution >= 4 is 17.5 Å². The Kier molecular flexibility index (Phi) is 7.18. The van der Waals surface area contributed by atoms with E-state index in [1.165, 1.54) is 0 Å². The standard InChI is InChI=1S/C15H25NO9/c1-6(18)11(7(2)19)15(24)4-9(21)12(16-8(3)20)14(25-15)13(23)10(22)5-17/h9-14,17,21-24H,4-5H2,1-3H3,(H,16,20)/t9-,10+,12+,13+,14+,15-/m0/s1. The molecule has 1 amide bonds. The van der Waals surface area contributed by atoms with Gasteiger partial charge >= 0.3 is 0 Å². The van der Waals surface area contributed by atoms with Gasteiger partial charge in [-0.15, -0.1) is 0 Å². The van der Waals surface area contributed by atoms with E-state index in [0.717, 1.165) is 20.8 Å². The number of ether oxygens (including phenoxy) is 1. The van der Waals surface area contributed by atoms with Crippen molar-refractivity contribution in [2.75, 3.05) is 6.61 Å². The third kappa shape index (κ3) is 4.81. The van der Waals surface area contributed by atoms with Crippen LogP contribution in [0.3, 0.4) is 0 Å². The number of hydrogen-bond donors (Lipinski definition) is 6. The van der Waals surface area contributed by atoms with Crippen LogP contribution in [0.1, 0.15) is 27.2 Å². The number of nitrogens with one attached hydrogen (secondary N) is 1. The normalized spacial score (nSPS) is 32.1. The van der Waals surface area contributed by atoms with E-state index in [1.54, 1.807) is 0 Å². The van der Waals surface area contributed by atoms with Crippen molar-refractivity contribution in [3.05, 3.63) is 0 Å². The first-order chi connectivity index (χ1) is 11.4. The minimum atomic E-state index is -2.44. The Hall–Kier alpha value is -1.43. The summed E-state index contributed by atoms with van der Waals surface area (Å²) in [7, 11) is 0. The number of carbonyl (C=O) groups is 3. The van der Waals surface area contributed by atoms with E-state index in [1.807, 2.05) is 0 Å². The summed E-state index contributed by atoms with van der Waals surface area (Å²) >= 11 is 0. The van der Waals surface area contributed by atoms with Crippen molar-refractivity contribution < 1.29 is 44.7 Å². The average Bonchev–Trinajstić information content (AvgIpc) is 2.46. The molecule has 0 aromatic carbocycles. The monoisotopic (exact) mass is 363 g/mol. The van der Waals surface area contributed by atoms with Crippen LogP contribution in [0.5, 0.6) is 0 Å². The number of rotatable bonds is 7. The summed E-state index contributed by atoms with van der Waals surface area (Å²) in [6.45, 7) is 2.42. The van der Waals surface area contributed by atoms with Gasteiger partial charge < -0.3 is 35.6 Å². The summed E-state index contributed by atoms with van der Waals surface area (Å²) < 4.78 is 5.35. The number of ketones is 2. The molecule has 0 aromatic heterocycles. The van der Waals surface area contributed by atoms with Crippen LogP contribution in [-0.4, -0.2) is 85.9 Å². The van der Waals surface area contributed by atoms with Gasteiger partial charge in [-0.25, -0.2) is 0 Å². The highest BCUT2D eigenvalue weighted by molar-refractivity contribution is 6.01. The lowest BCUT2D eigenvalue weighted by atomic mass is 9.80. The van der Waals surface area contributed by atoms with Crippen molar-refractivity contribution in [3.8, 4) is 0 Å². The Morgan fingerprint density at radius 3 is 2.12 bits per heavy atom.